The molecule has 0 aliphatic carbocycles. The van der Waals surface area contributed by atoms with E-state index in [9.17, 15) is 24.5 Å². The maximum atomic E-state index is 13.0. The van der Waals surface area contributed by atoms with Crippen molar-refractivity contribution in [1.82, 2.24) is 5.32 Å². The lowest BCUT2D eigenvalue weighted by molar-refractivity contribution is -0.384. The third-order valence-electron chi connectivity index (χ3n) is 4.94. The van der Waals surface area contributed by atoms with Crippen LogP contribution in [0.25, 0.3) is 0 Å². The Morgan fingerprint density at radius 2 is 1.87 bits per heavy atom. The van der Waals surface area contributed by atoms with Crippen LogP contribution in [0, 0.1) is 10.1 Å². The zero-order valence-electron chi connectivity index (χ0n) is 16.6. The number of carbonyl (C=O) groups is 3. The highest BCUT2D eigenvalue weighted by atomic mass is 16.6. The molecule has 30 heavy (non-hydrogen) atoms. The number of nitrogens with zero attached hydrogens (tertiary/aromatic N) is 1. The summed E-state index contributed by atoms with van der Waals surface area (Å²) in [5.41, 5.74) is 1.15. The molecule has 1 N–H and O–H groups in total. The average Bonchev–Trinajstić information content (AvgIpc) is 3.11. The molecule has 1 aromatic rings. The van der Waals surface area contributed by atoms with Crippen molar-refractivity contribution in [1.29, 1.82) is 0 Å². The summed E-state index contributed by atoms with van der Waals surface area (Å²) in [4.78, 5) is 48.0. The van der Waals surface area contributed by atoms with Crippen LogP contribution < -0.4 is 5.32 Å². The van der Waals surface area contributed by atoms with Crippen molar-refractivity contribution in [3.05, 3.63) is 62.5 Å². The molecule has 1 fully saturated rings. The molecule has 2 heterocycles. The number of rotatable bonds is 5. The molecule has 2 aliphatic rings. The van der Waals surface area contributed by atoms with E-state index >= 15 is 0 Å². The van der Waals surface area contributed by atoms with Gasteiger partial charge in [-0.3, -0.25) is 10.1 Å². The third-order valence-corrected chi connectivity index (χ3v) is 4.94. The summed E-state index contributed by atoms with van der Waals surface area (Å²) in [5, 5.41) is 14.2. The number of non-ortho nitro benzene ring substituents is 1. The molecule has 10 nitrogen and oxygen atoms in total. The van der Waals surface area contributed by atoms with Gasteiger partial charge in [-0.2, -0.15) is 0 Å². The first-order valence-corrected chi connectivity index (χ1v) is 9.13. The predicted molar refractivity (Wildman–Crippen MR) is 102 cm³/mol. The minimum atomic E-state index is -1.04. The first kappa shape index (κ1) is 21.0. The highest BCUT2D eigenvalue weighted by Gasteiger charge is 2.40. The van der Waals surface area contributed by atoms with Crippen molar-refractivity contribution < 1.29 is 33.5 Å². The van der Waals surface area contributed by atoms with E-state index in [0.29, 0.717) is 17.0 Å². The number of esters is 3. The van der Waals surface area contributed by atoms with Crippen LogP contribution in [-0.2, 0) is 28.6 Å². The fourth-order valence-corrected chi connectivity index (χ4v) is 3.57. The number of nitro groups is 1. The molecule has 1 aromatic carbocycles. The van der Waals surface area contributed by atoms with Crippen LogP contribution in [0.2, 0.25) is 0 Å². The largest absolute Gasteiger partial charge is 0.466 e. The second kappa shape index (κ2) is 8.36. The Morgan fingerprint density at radius 3 is 2.43 bits per heavy atom. The van der Waals surface area contributed by atoms with Crippen molar-refractivity contribution in [2.75, 3.05) is 13.7 Å². The lowest BCUT2D eigenvalue weighted by atomic mass is 9.80. The fourth-order valence-electron chi connectivity index (χ4n) is 3.57. The molecule has 0 aromatic heterocycles. The van der Waals surface area contributed by atoms with Gasteiger partial charge in [0.2, 0.25) is 6.10 Å². The average molecular weight is 416 g/mol. The van der Waals surface area contributed by atoms with Crippen LogP contribution in [-0.4, -0.2) is 42.7 Å². The van der Waals surface area contributed by atoms with E-state index in [-0.39, 0.29) is 29.9 Å². The topological polar surface area (TPSA) is 134 Å². The molecule has 0 amide bonds. The van der Waals surface area contributed by atoms with E-state index in [2.05, 4.69) is 5.32 Å². The molecular weight excluding hydrogens is 396 g/mol. The summed E-state index contributed by atoms with van der Waals surface area (Å²) in [6.45, 7) is 3.40. The van der Waals surface area contributed by atoms with Gasteiger partial charge in [-0.15, -0.1) is 0 Å². The Morgan fingerprint density at radius 1 is 1.20 bits per heavy atom. The third kappa shape index (κ3) is 3.88. The number of cyclic esters (lactones) is 1. The Labute approximate surface area is 171 Å². The van der Waals surface area contributed by atoms with Gasteiger partial charge < -0.3 is 19.5 Å². The molecule has 1 saturated heterocycles. The number of nitrogens with one attached hydrogen (secondary N) is 1. The SMILES string of the molecule is COC(=O)C1=C(C)NC(C)=C(C(=O)OC2CCOC2=O)C1c1cccc([N+](=O)[O-])c1. The highest BCUT2D eigenvalue weighted by molar-refractivity contribution is 6.00. The lowest BCUT2D eigenvalue weighted by Gasteiger charge is -2.30. The van der Waals surface area contributed by atoms with Gasteiger partial charge >= 0.3 is 17.9 Å². The van der Waals surface area contributed by atoms with Gasteiger partial charge in [0.05, 0.1) is 35.7 Å². The quantitative estimate of drug-likeness (QED) is 0.330. The van der Waals surface area contributed by atoms with E-state index in [1.54, 1.807) is 19.9 Å². The lowest BCUT2D eigenvalue weighted by Crippen LogP contribution is -2.34. The van der Waals surface area contributed by atoms with E-state index < -0.39 is 34.9 Å². The van der Waals surface area contributed by atoms with Crippen LogP contribution >= 0.6 is 0 Å². The van der Waals surface area contributed by atoms with Crippen molar-refractivity contribution in [3.8, 4) is 0 Å². The number of ether oxygens (including phenoxy) is 3. The van der Waals surface area contributed by atoms with Crippen LogP contribution in [0.15, 0.2) is 46.8 Å². The van der Waals surface area contributed by atoms with Gasteiger partial charge in [0, 0.05) is 29.9 Å². The first-order valence-electron chi connectivity index (χ1n) is 9.13. The maximum Gasteiger partial charge on any atom is 0.347 e. The van der Waals surface area contributed by atoms with Crippen LogP contribution in [0.1, 0.15) is 31.7 Å². The Bertz CT molecular complexity index is 994. The number of nitro benzene ring substituents is 1. The fraction of sp³-hybridized carbons (Fsp3) is 0.350. The Balaban J connectivity index is 2.10. The molecular formula is C20H20N2O8. The Kier molecular flexibility index (Phi) is 5.86. The van der Waals surface area contributed by atoms with Crippen LogP contribution in [0.4, 0.5) is 5.69 Å². The summed E-state index contributed by atoms with van der Waals surface area (Å²) in [6.07, 6.45) is -0.818. The monoisotopic (exact) mass is 416 g/mol. The zero-order valence-corrected chi connectivity index (χ0v) is 16.6. The summed E-state index contributed by atoms with van der Waals surface area (Å²) >= 11 is 0. The smallest absolute Gasteiger partial charge is 0.347 e. The zero-order chi connectivity index (χ0) is 22.0. The normalized spacial score (nSPS) is 21.1. The minimum Gasteiger partial charge on any atom is -0.466 e. The number of allylic oxidation sites excluding steroid dienone is 2. The van der Waals surface area contributed by atoms with E-state index in [1.165, 1.54) is 25.3 Å². The molecule has 2 unspecified atom stereocenters. The molecule has 10 heteroatoms. The van der Waals surface area contributed by atoms with E-state index in [4.69, 9.17) is 14.2 Å². The molecule has 0 spiro atoms. The maximum absolute atomic E-state index is 13.0. The first-order chi connectivity index (χ1) is 14.2. The molecule has 2 atom stereocenters. The second-order valence-corrected chi connectivity index (χ2v) is 6.83. The van der Waals surface area contributed by atoms with Crippen LogP contribution in [0.3, 0.4) is 0 Å². The summed E-state index contributed by atoms with van der Waals surface area (Å²) in [6, 6.07) is 5.63. The van der Waals surface area contributed by atoms with Gasteiger partial charge in [-0.05, 0) is 19.4 Å². The summed E-state index contributed by atoms with van der Waals surface area (Å²) in [5.74, 6) is -3.15. The van der Waals surface area contributed by atoms with Crippen molar-refractivity contribution >= 4 is 23.6 Å². The van der Waals surface area contributed by atoms with Crippen molar-refractivity contribution in [2.24, 2.45) is 0 Å². The van der Waals surface area contributed by atoms with E-state index in [1.807, 2.05) is 0 Å². The minimum absolute atomic E-state index is 0.0567. The standard InChI is InChI=1S/C20H20N2O8/c1-10-15(19(24)28-3)17(12-5-4-6-13(9-12)22(26)27)16(11(2)21-10)20(25)30-14-7-8-29-18(14)23/h4-6,9,14,17,21H,7-8H2,1-3H3. The van der Waals surface area contributed by atoms with Gasteiger partial charge in [-0.1, -0.05) is 12.1 Å². The van der Waals surface area contributed by atoms with Gasteiger partial charge in [0.1, 0.15) is 0 Å². The summed E-state index contributed by atoms with van der Waals surface area (Å²) in [7, 11) is 1.20. The van der Waals surface area contributed by atoms with Crippen molar-refractivity contribution in [2.45, 2.75) is 32.3 Å². The van der Waals surface area contributed by atoms with E-state index in [0.717, 1.165) is 0 Å². The molecule has 158 valence electrons. The number of benzene rings is 1. The number of methoxy groups -OCH3 is 1. The second-order valence-electron chi connectivity index (χ2n) is 6.83. The summed E-state index contributed by atoms with van der Waals surface area (Å²) < 4.78 is 15.0. The number of dihydropyridines is 1. The van der Waals surface area contributed by atoms with Gasteiger partial charge in [-0.25, -0.2) is 14.4 Å². The highest BCUT2D eigenvalue weighted by Crippen LogP contribution is 2.40. The van der Waals surface area contributed by atoms with Gasteiger partial charge in [0.15, 0.2) is 0 Å². The molecule has 2 aliphatic heterocycles. The predicted octanol–water partition coefficient (Wildman–Crippen LogP) is 1.86. The number of carbonyl (C=O) groups excluding carboxylic acids is 3. The molecule has 0 bridgehead atoms. The number of hydrogen-bond acceptors (Lipinski definition) is 9. The van der Waals surface area contributed by atoms with Crippen LogP contribution in [0.5, 0.6) is 0 Å². The van der Waals surface area contributed by atoms with Gasteiger partial charge in [0.25, 0.3) is 5.69 Å². The molecule has 0 radical (unpaired) electrons. The van der Waals surface area contributed by atoms with Crippen molar-refractivity contribution in [3.63, 3.8) is 0 Å². The number of hydrogen-bond donors (Lipinski definition) is 1. The Hall–Kier alpha value is -3.69. The molecule has 0 saturated carbocycles. The molecule has 3 rings (SSSR count).